The summed E-state index contributed by atoms with van der Waals surface area (Å²) in [6.07, 6.45) is 11.0. The van der Waals surface area contributed by atoms with Crippen molar-refractivity contribution in [3.8, 4) is 0 Å². The summed E-state index contributed by atoms with van der Waals surface area (Å²) in [6.45, 7) is 0.750. The van der Waals surface area contributed by atoms with E-state index in [1.807, 2.05) is 42.5 Å². The summed E-state index contributed by atoms with van der Waals surface area (Å²) in [6, 6.07) is 16.0. The van der Waals surface area contributed by atoms with E-state index in [4.69, 9.17) is 11.6 Å². The van der Waals surface area contributed by atoms with Crippen molar-refractivity contribution in [1.29, 1.82) is 0 Å². The number of fused-ring (bicyclic) bond motifs is 1. The van der Waals surface area contributed by atoms with Gasteiger partial charge in [-0.05, 0) is 85.3 Å². The number of hydrogen-bond donors (Lipinski definition) is 3. The van der Waals surface area contributed by atoms with Crippen LogP contribution in [0.3, 0.4) is 0 Å². The van der Waals surface area contributed by atoms with Crippen LogP contribution < -0.4 is 10.9 Å². The molecule has 1 aliphatic heterocycles. The van der Waals surface area contributed by atoms with Crippen molar-refractivity contribution in [2.45, 2.75) is 73.8 Å². The molecule has 0 bridgehead atoms. The lowest BCUT2D eigenvalue weighted by Gasteiger charge is -2.44. The highest BCUT2D eigenvalue weighted by Gasteiger charge is 2.44. The number of pyridine rings is 1. The van der Waals surface area contributed by atoms with E-state index in [1.54, 1.807) is 11.8 Å². The lowest BCUT2D eigenvalue weighted by atomic mass is 9.69. The van der Waals surface area contributed by atoms with Gasteiger partial charge in [0.15, 0.2) is 0 Å². The Morgan fingerprint density at radius 1 is 1.11 bits per heavy atom. The number of piperidine rings is 1. The van der Waals surface area contributed by atoms with Crippen LogP contribution in [0.4, 0.5) is 0 Å². The van der Waals surface area contributed by atoms with Gasteiger partial charge in [0.25, 0.3) is 5.56 Å². The van der Waals surface area contributed by atoms with Crippen LogP contribution in [0.25, 0.3) is 10.9 Å². The lowest BCUT2D eigenvalue weighted by Crippen LogP contribution is -2.52. The third-order valence-corrected chi connectivity index (χ3v) is 9.04. The van der Waals surface area contributed by atoms with E-state index in [0.717, 1.165) is 40.2 Å². The Balaban J connectivity index is 1.55. The first-order chi connectivity index (χ1) is 16.9. The highest BCUT2D eigenvalue weighted by Crippen LogP contribution is 2.42. The third kappa shape index (κ3) is 5.48. The Hall–Kier alpha value is -1.79. The van der Waals surface area contributed by atoms with E-state index < -0.39 is 11.5 Å². The first kappa shape index (κ1) is 24.9. The molecule has 3 atom stereocenters. The van der Waals surface area contributed by atoms with E-state index in [0.29, 0.717) is 23.4 Å². The second kappa shape index (κ2) is 10.7. The number of hydrogen-bond acceptors (Lipinski definition) is 4. The van der Waals surface area contributed by atoms with Gasteiger partial charge >= 0.3 is 0 Å². The largest absolute Gasteiger partial charge is 0.389 e. The number of aromatic amines is 1. The monoisotopic (exact) mass is 510 g/mol. The minimum atomic E-state index is -1.02. The zero-order chi connectivity index (χ0) is 24.4. The summed E-state index contributed by atoms with van der Waals surface area (Å²) < 4.78 is 0. The second-order valence-electron chi connectivity index (χ2n) is 10.4. The van der Waals surface area contributed by atoms with Crippen LogP contribution in [0.2, 0.25) is 5.02 Å². The van der Waals surface area contributed by atoms with Crippen LogP contribution >= 0.6 is 23.4 Å². The topological polar surface area (TPSA) is 65.1 Å². The molecule has 1 aromatic heterocycles. The van der Waals surface area contributed by atoms with Crippen molar-refractivity contribution in [2.24, 2.45) is 5.92 Å². The summed E-state index contributed by atoms with van der Waals surface area (Å²) in [7, 11) is 0. The molecule has 2 aromatic carbocycles. The van der Waals surface area contributed by atoms with Crippen molar-refractivity contribution in [3.63, 3.8) is 0 Å². The maximum Gasteiger partial charge on any atom is 0.252 e. The summed E-state index contributed by atoms with van der Waals surface area (Å²) >= 11 is 7.89. The standard InChI is InChI=1S/C29H35ClN2O2S/c1-35-24-11-12-26-21(16-24)17-25(28(33)32-26)27(20-7-9-22(30)10-8-20)29(34)13-14-31-23(18-29)15-19-5-3-2-4-6-19/h7-12,16-17,19,23,27,31,34H,2-6,13-15,18H2,1H3,(H,32,33). The molecule has 1 saturated heterocycles. The molecular formula is C29H35ClN2O2S. The number of aromatic nitrogens is 1. The molecule has 1 saturated carbocycles. The lowest BCUT2D eigenvalue weighted by molar-refractivity contribution is -0.0223. The molecule has 5 rings (SSSR count). The normalized spacial score (nSPS) is 24.5. The number of benzene rings is 2. The molecule has 1 aliphatic carbocycles. The molecule has 0 radical (unpaired) electrons. The molecule has 0 amide bonds. The Kier molecular flexibility index (Phi) is 7.59. The van der Waals surface area contributed by atoms with E-state index in [-0.39, 0.29) is 11.6 Å². The van der Waals surface area contributed by atoms with Gasteiger partial charge < -0.3 is 15.4 Å². The average molecular weight is 511 g/mol. The zero-order valence-corrected chi connectivity index (χ0v) is 21.9. The van der Waals surface area contributed by atoms with Gasteiger partial charge in [-0.1, -0.05) is 55.8 Å². The minimum absolute atomic E-state index is 0.134. The summed E-state index contributed by atoms with van der Waals surface area (Å²) in [4.78, 5) is 17.7. The van der Waals surface area contributed by atoms with Gasteiger partial charge in [-0.15, -0.1) is 11.8 Å². The number of nitrogens with one attached hydrogen (secondary N) is 2. The van der Waals surface area contributed by atoms with Crippen molar-refractivity contribution >= 4 is 34.3 Å². The highest BCUT2D eigenvalue weighted by molar-refractivity contribution is 7.98. The first-order valence-corrected chi connectivity index (χ1v) is 14.5. The van der Waals surface area contributed by atoms with Crippen molar-refractivity contribution in [1.82, 2.24) is 10.3 Å². The second-order valence-corrected chi connectivity index (χ2v) is 11.8. The summed E-state index contributed by atoms with van der Waals surface area (Å²) in [5.41, 5.74) is 1.22. The number of aliphatic hydroxyl groups is 1. The maximum atomic E-state index is 13.4. The van der Waals surface area contributed by atoms with Crippen LogP contribution in [0.5, 0.6) is 0 Å². The predicted molar refractivity (Wildman–Crippen MR) is 147 cm³/mol. The third-order valence-electron chi connectivity index (χ3n) is 8.07. The number of halogens is 1. The van der Waals surface area contributed by atoms with Crippen LogP contribution in [0.1, 0.15) is 68.4 Å². The molecule has 35 heavy (non-hydrogen) atoms. The van der Waals surface area contributed by atoms with Crippen molar-refractivity contribution in [2.75, 3.05) is 12.8 Å². The Bertz CT molecular complexity index is 1220. The van der Waals surface area contributed by atoms with Gasteiger partial charge in [0.1, 0.15) is 0 Å². The van der Waals surface area contributed by atoms with Gasteiger partial charge in [-0.2, -0.15) is 0 Å². The number of rotatable bonds is 6. The SMILES string of the molecule is CSc1ccc2[nH]c(=O)c(C(c3ccc(Cl)cc3)C3(O)CCNC(CC4CCCCC4)C3)cc2c1. The molecule has 186 valence electrons. The quantitative estimate of drug-likeness (QED) is 0.332. The van der Waals surface area contributed by atoms with E-state index in [1.165, 1.54) is 32.1 Å². The van der Waals surface area contributed by atoms with Gasteiger partial charge in [-0.25, -0.2) is 0 Å². The van der Waals surface area contributed by atoms with Gasteiger partial charge in [0.2, 0.25) is 0 Å². The fourth-order valence-corrected chi connectivity index (χ4v) is 6.90. The van der Waals surface area contributed by atoms with Crippen LogP contribution in [-0.2, 0) is 0 Å². The molecule has 3 N–H and O–H groups in total. The minimum Gasteiger partial charge on any atom is -0.389 e. The molecule has 2 fully saturated rings. The first-order valence-electron chi connectivity index (χ1n) is 12.9. The molecule has 3 unspecified atom stereocenters. The van der Waals surface area contributed by atoms with Crippen LogP contribution in [0, 0.1) is 5.92 Å². The molecule has 3 aromatic rings. The van der Waals surface area contributed by atoms with Crippen molar-refractivity contribution < 1.29 is 5.11 Å². The van der Waals surface area contributed by atoms with Crippen LogP contribution in [0.15, 0.2) is 58.2 Å². The fraction of sp³-hybridized carbons (Fsp3) is 0.483. The molecule has 4 nitrogen and oxygen atoms in total. The predicted octanol–water partition coefficient (Wildman–Crippen LogP) is 6.49. The number of thioether (sulfide) groups is 1. The fourth-order valence-electron chi connectivity index (χ4n) is 6.33. The van der Waals surface area contributed by atoms with E-state index >= 15 is 0 Å². The molecule has 0 spiro atoms. The maximum absolute atomic E-state index is 13.4. The smallest absolute Gasteiger partial charge is 0.252 e. The van der Waals surface area contributed by atoms with Gasteiger partial charge in [-0.3, -0.25) is 4.79 Å². The molecule has 6 heteroatoms. The van der Waals surface area contributed by atoms with Gasteiger partial charge in [0, 0.05) is 33.0 Å². The highest BCUT2D eigenvalue weighted by atomic mass is 35.5. The van der Waals surface area contributed by atoms with E-state index in [2.05, 4.69) is 22.6 Å². The molecule has 2 heterocycles. The Morgan fingerprint density at radius 2 is 1.89 bits per heavy atom. The van der Waals surface area contributed by atoms with E-state index in [9.17, 15) is 9.90 Å². The zero-order valence-electron chi connectivity index (χ0n) is 20.4. The van der Waals surface area contributed by atoms with Crippen molar-refractivity contribution in [3.05, 3.63) is 75.0 Å². The van der Waals surface area contributed by atoms with Gasteiger partial charge in [0.05, 0.1) is 5.60 Å². The Morgan fingerprint density at radius 3 is 2.63 bits per heavy atom. The summed E-state index contributed by atoms with van der Waals surface area (Å²) in [5, 5.41) is 17.6. The summed E-state index contributed by atoms with van der Waals surface area (Å²) in [5.74, 6) is 0.299. The van der Waals surface area contributed by atoms with Crippen LogP contribution in [-0.4, -0.2) is 34.5 Å². The Labute approximate surface area is 216 Å². The molecular weight excluding hydrogens is 476 g/mol. The number of H-pyrrole nitrogens is 1. The average Bonchev–Trinajstić information content (AvgIpc) is 2.86. The molecule has 2 aliphatic rings.